The van der Waals surface area contributed by atoms with Gasteiger partial charge in [-0.1, -0.05) is 39.8 Å². The first kappa shape index (κ1) is 22.6. The van der Waals surface area contributed by atoms with E-state index >= 15 is 0 Å². The molecule has 0 aromatic heterocycles. The Morgan fingerprint density at radius 1 is 1.00 bits per heavy atom. The SMILES string of the molecule is CC(C)CN(CC(C)C)C(=O)CN(C)C(C)c1ccc(S(N)(=O)=O)cc1. The molecule has 148 valence electrons. The van der Waals surface area contributed by atoms with Gasteiger partial charge in [0.15, 0.2) is 0 Å². The maximum atomic E-state index is 12.7. The molecular weight excluding hydrogens is 350 g/mol. The minimum absolute atomic E-state index is 0.0200. The van der Waals surface area contributed by atoms with Crippen molar-refractivity contribution in [3.63, 3.8) is 0 Å². The fourth-order valence-electron chi connectivity index (χ4n) is 2.80. The summed E-state index contributed by atoms with van der Waals surface area (Å²) in [5.41, 5.74) is 0.937. The van der Waals surface area contributed by atoms with E-state index in [0.717, 1.165) is 18.7 Å². The number of nitrogens with zero attached hydrogens (tertiary/aromatic N) is 2. The number of carbonyl (C=O) groups excluding carboxylic acids is 1. The molecule has 0 saturated carbocycles. The lowest BCUT2D eigenvalue weighted by atomic mass is 10.1. The molecule has 1 aromatic rings. The minimum Gasteiger partial charge on any atom is -0.341 e. The van der Waals surface area contributed by atoms with Gasteiger partial charge in [0.05, 0.1) is 11.4 Å². The first-order chi connectivity index (χ1) is 11.9. The van der Waals surface area contributed by atoms with Gasteiger partial charge in [0.1, 0.15) is 0 Å². The zero-order chi connectivity index (χ0) is 20.1. The summed E-state index contributed by atoms with van der Waals surface area (Å²) in [5.74, 6) is 0.959. The molecule has 0 heterocycles. The predicted molar refractivity (Wildman–Crippen MR) is 105 cm³/mol. The van der Waals surface area contributed by atoms with E-state index in [4.69, 9.17) is 5.14 Å². The molecule has 2 N–H and O–H groups in total. The molecule has 1 amide bonds. The highest BCUT2D eigenvalue weighted by Crippen LogP contribution is 2.20. The lowest BCUT2D eigenvalue weighted by Gasteiger charge is -2.31. The van der Waals surface area contributed by atoms with Crippen LogP contribution in [0.25, 0.3) is 0 Å². The molecule has 1 aromatic carbocycles. The van der Waals surface area contributed by atoms with Crippen molar-refractivity contribution < 1.29 is 13.2 Å². The average Bonchev–Trinajstić information content (AvgIpc) is 2.51. The quantitative estimate of drug-likeness (QED) is 0.710. The van der Waals surface area contributed by atoms with Gasteiger partial charge in [-0.15, -0.1) is 0 Å². The normalized spacial score (nSPS) is 13.5. The van der Waals surface area contributed by atoms with Gasteiger partial charge in [-0.3, -0.25) is 9.69 Å². The molecular formula is C19H33N3O3S. The van der Waals surface area contributed by atoms with Crippen molar-refractivity contribution in [3.05, 3.63) is 29.8 Å². The molecule has 0 radical (unpaired) electrons. The summed E-state index contributed by atoms with van der Waals surface area (Å²) in [4.78, 5) is 16.7. The van der Waals surface area contributed by atoms with E-state index in [1.165, 1.54) is 12.1 Å². The Kier molecular flexibility index (Phi) is 8.24. The lowest BCUT2D eigenvalue weighted by Crippen LogP contribution is -2.43. The Hall–Kier alpha value is -1.44. The van der Waals surface area contributed by atoms with Gasteiger partial charge in [-0.2, -0.15) is 0 Å². The molecule has 0 saturated heterocycles. The highest BCUT2D eigenvalue weighted by molar-refractivity contribution is 7.89. The Balaban J connectivity index is 2.80. The fourth-order valence-corrected chi connectivity index (χ4v) is 3.32. The monoisotopic (exact) mass is 383 g/mol. The molecule has 0 spiro atoms. The highest BCUT2D eigenvalue weighted by atomic mass is 32.2. The van der Waals surface area contributed by atoms with E-state index < -0.39 is 10.0 Å². The van der Waals surface area contributed by atoms with Crippen molar-refractivity contribution in [2.24, 2.45) is 17.0 Å². The van der Waals surface area contributed by atoms with Gasteiger partial charge in [0, 0.05) is 19.1 Å². The topological polar surface area (TPSA) is 83.7 Å². The van der Waals surface area contributed by atoms with Crippen molar-refractivity contribution in [2.75, 3.05) is 26.7 Å². The van der Waals surface area contributed by atoms with E-state index in [-0.39, 0.29) is 16.8 Å². The lowest BCUT2D eigenvalue weighted by molar-refractivity contribution is -0.133. The number of hydrogen-bond acceptors (Lipinski definition) is 4. The zero-order valence-electron chi connectivity index (χ0n) is 16.8. The molecule has 6 nitrogen and oxygen atoms in total. The van der Waals surface area contributed by atoms with Crippen LogP contribution in [0.3, 0.4) is 0 Å². The second-order valence-corrected chi connectivity index (χ2v) is 9.35. The number of amides is 1. The molecule has 0 fully saturated rings. The van der Waals surface area contributed by atoms with Crippen molar-refractivity contribution in [1.29, 1.82) is 0 Å². The molecule has 7 heteroatoms. The second kappa shape index (κ2) is 9.48. The van der Waals surface area contributed by atoms with Crippen LogP contribution < -0.4 is 5.14 Å². The third-order valence-electron chi connectivity index (χ3n) is 4.26. The first-order valence-corrected chi connectivity index (χ1v) is 10.6. The largest absolute Gasteiger partial charge is 0.341 e. The average molecular weight is 384 g/mol. The van der Waals surface area contributed by atoms with Gasteiger partial charge < -0.3 is 4.90 Å². The number of sulfonamides is 1. The van der Waals surface area contributed by atoms with Crippen LogP contribution >= 0.6 is 0 Å². The number of carbonyl (C=O) groups is 1. The first-order valence-electron chi connectivity index (χ1n) is 9.02. The Bertz CT molecular complexity index is 674. The van der Waals surface area contributed by atoms with E-state index in [2.05, 4.69) is 27.7 Å². The van der Waals surface area contributed by atoms with E-state index in [1.807, 2.05) is 23.8 Å². The smallest absolute Gasteiger partial charge is 0.238 e. The fraction of sp³-hybridized carbons (Fsp3) is 0.632. The standard InChI is InChI=1S/C19H33N3O3S/c1-14(2)11-22(12-15(3)4)19(23)13-21(6)16(5)17-7-9-18(10-8-17)26(20,24)25/h7-10,14-16H,11-13H2,1-6H3,(H2,20,24,25). The van der Waals surface area contributed by atoms with Crippen LogP contribution in [0.5, 0.6) is 0 Å². The number of likely N-dealkylation sites (N-methyl/N-ethyl adjacent to an activating group) is 1. The minimum atomic E-state index is -3.69. The maximum absolute atomic E-state index is 12.7. The van der Waals surface area contributed by atoms with E-state index in [0.29, 0.717) is 18.4 Å². The van der Waals surface area contributed by atoms with E-state index in [9.17, 15) is 13.2 Å². The number of primary sulfonamides is 1. The summed E-state index contributed by atoms with van der Waals surface area (Å²) in [6.45, 7) is 12.3. The molecule has 1 unspecified atom stereocenters. The molecule has 0 aliphatic carbocycles. The third-order valence-corrected chi connectivity index (χ3v) is 5.19. The Labute approximate surface area is 158 Å². The van der Waals surface area contributed by atoms with E-state index in [1.54, 1.807) is 12.1 Å². The van der Waals surface area contributed by atoms with Crippen LogP contribution in [0.4, 0.5) is 0 Å². The van der Waals surface area contributed by atoms with Gasteiger partial charge in [-0.25, -0.2) is 13.6 Å². The Morgan fingerprint density at radius 2 is 1.46 bits per heavy atom. The van der Waals surface area contributed by atoms with Crippen LogP contribution in [-0.2, 0) is 14.8 Å². The molecule has 1 atom stereocenters. The summed E-state index contributed by atoms with van der Waals surface area (Å²) >= 11 is 0. The molecule has 1 rings (SSSR count). The number of rotatable bonds is 9. The van der Waals surface area contributed by atoms with Crippen LogP contribution in [0.2, 0.25) is 0 Å². The van der Waals surface area contributed by atoms with Gasteiger partial charge >= 0.3 is 0 Å². The molecule has 0 aliphatic heterocycles. The molecule has 26 heavy (non-hydrogen) atoms. The van der Waals surface area contributed by atoms with Crippen molar-refractivity contribution >= 4 is 15.9 Å². The van der Waals surface area contributed by atoms with Crippen LogP contribution in [0.1, 0.15) is 46.2 Å². The summed E-state index contributed by atoms with van der Waals surface area (Å²) in [5, 5.41) is 5.13. The summed E-state index contributed by atoms with van der Waals surface area (Å²) in [6, 6.07) is 6.46. The van der Waals surface area contributed by atoms with Crippen molar-refractivity contribution in [1.82, 2.24) is 9.80 Å². The Morgan fingerprint density at radius 3 is 1.85 bits per heavy atom. The van der Waals surface area contributed by atoms with Crippen LogP contribution in [-0.4, -0.2) is 50.8 Å². The van der Waals surface area contributed by atoms with Crippen LogP contribution in [0.15, 0.2) is 29.2 Å². The number of hydrogen-bond donors (Lipinski definition) is 1. The number of nitrogens with two attached hydrogens (primary N) is 1. The maximum Gasteiger partial charge on any atom is 0.238 e. The predicted octanol–water partition coefficient (Wildman–Crippen LogP) is 2.47. The molecule has 0 aliphatic rings. The van der Waals surface area contributed by atoms with Crippen molar-refractivity contribution in [2.45, 2.75) is 45.6 Å². The second-order valence-electron chi connectivity index (χ2n) is 7.79. The van der Waals surface area contributed by atoms with Crippen LogP contribution in [0, 0.1) is 11.8 Å². The van der Waals surface area contributed by atoms with Gasteiger partial charge in [0.2, 0.25) is 15.9 Å². The van der Waals surface area contributed by atoms with Crippen molar-refractivity contribution in [3.8, 4) is 0 Å². The summed E-state index contributed by atoms with van der Waals surface area (Å²) in [7, 11) is -1.79. The van der Waals surface area contributed by atoms with Gasteiger partial charge in [-0.05, 0) is 43.5 Å². The highest BCUT2D eigenvalue weighted by Gasteiger charge is 2.21. The zero-order valence-corrected chi connectivity index (χ0v) is 17.6. The molecule has 0 bridgehead atoms. The summed E-state index contributed by atoms with van der Waals surface area (Å²) < 4.78 is 22.7. The summed E-state index contributed by atoms with van der Waals surface area (Å²) in [6.07, 6.45) is 0. The third kappa shape index (κ3) is 7.05. The number of benzene rings is 1. The van der Waals surface area contributed by atoms with Gasteiger partial charge in [0.25, 0.3) is 0 Å².